The first kappa shape index (κ1) is 16.4. The van der Waals surface area contributed by atoms with Crippen LogP contribution in [0.4, 0.5) is 13.2 Å². The molecule has 0 aliphatic carbocycles. The second-order valence-electron chi connectivity index (χ2n) is 5.34. The average Bonchev–Trinajstić information content (AvgIpc) is 3.23. The molecule has 0 spiro atoms. The second-order valence-corrected chi connectivity index (χ2v) is 5.34. The van der Waals surface area contributed by atoms with E-state index in [0.717, 1.165) is 25.0 Å². The first-order valence-corrected chi connectivity index (χ1v) is 7.34. The molecule has 1 saturated heterocycles. The van der Waals surface area contributed by atoms with Crippen LogP contribution in [0.2, 0.25) is 0 Å². The third-order valence-corrected chi connectivity index (χ3v) is 3.60. The van der Waals surface area contributed by atoms with E-state index in [9.17, 15) is 18.0 Å². The van der Waals surface area contributed by atoms with Crippen LogP contribution in [0.25, 0.3) is 11.4 Å². The van der Waals surface area contributed by atoms with Crippen LogP contribution in [0.5, 0.6) is 0 Å². The summed E-state index contributed by atoms with van der Waals surface area (Å²) in [6.45, 7) is 1.02. The van der Waals surface area contributed by atoms with E-state index in [1.54, 1.807) is 0 Å². The van der Waals surface area contributed by atoms with Gasteiger partial charge in [0.05, 0.1) is 11.7 Å². The molecule has 0 saturated carbocycles. The SMILES string of the molecule is O=C(NC[C@@H]1CCCO1)c1nc(-c2ccc(C(F)(F)F)cc2)no1. The monoisotopic (exact) mass is 341 g/mol. The molecule has 1 atom stereocenters. The maximum Gasteiger partial charge on any atom is 0.416 e. The van der Waals surface area contributed by atoms with Crippen molar-refractivity contribution in [3.05, 3.63) is 35.7 Å². The van der Waals surface area contributed by atoms with Gasteiger partial charge in [0.15, 0.2) is 0 Å². The summed E-state index contributed by atoms with van der Waals surface area (Å²) in [5, 5.41) is 6.25. The number of hydrogen-bond acceptors (Lipinski definition) is 5. The van der Waals surface area contributed by atoms with Gasteiger partial charge in [0.1, 0.15) is 0 Å². The zero-order valence-electron chi connectivity index (χ0n) is 12.5. The van der Waals surface area contributed by atoms with Gasteiger partial charge >= 0.3 is 18.0 Å². The van der Waals surface area contributed by atoms with Crippen molar-refractivity contribution in [3.8, 4) is 11.4 Å². The summed E-state index contributed by atoms with van der Waals surface area (Å²) in [5.41, 5.74) is -0.450. The molecular formula is C15H14F3N3O3. The molecule has 3 rings (SSSR count). The molecule has 1 aliphatic rings. The molecule has 0 bridgehead atoms. The quantitative estimate of drug-likeness (QED) is 0.925. The van der Waals surface area contributed by atoms with Crippen molar-refractivity contribution in [2.45, 2.75) is 25.1 Å². The number of ether oxygens (including phenoxy) is 1. The van der Waals surface area contributed by atoms with Crippen LogP contribution < -0.4 is 5.32 Å². The smallest absolute Gasteiger partial charge is 0.376 e. The number of carbonyl (C=O) groups excluding carboxylic acids is 1. The Hall–Kier alpha value is -2.42. The molecule has 1 aromatic carbocycles. The Balaban J connectivity index is 1.65. The van der Waals surface area contributed by atoms with E-state index in [4.69, 9.17) is 9.26 Å². The van der Waals surface area contributed by atoms with Crippen molar-refractivity contribution in [2.24, 2.45) is 0 Å². The minimum absolute atomic E-state index is 0.0220. The highest BCUT2D eigenvalue weighted by atomic mass is 19.4. The summed E-state index contributed by atoms with van der Waals surface area (Å²) in [4.78, 5) is 15.8. The first-order valence-electron chi connectivity index (χ1n) is 7.34. The summed E-state index contributed by atoms with van der Waals surface area (Å²) in [6, 6.07) is 4.29. The van der Waals surface area contributed by atoms with Gasteiger partial charge in [-0.3, -0.25) is 4.79 Å². The van der Waals surface area contributed by atoms with Gasteiger partial charge in [0.25, 0.3) is 0 Å². The third kappa shape index (κ3) is 3.73. The number of aromatic nitrogens is 2. The number of carbonyl (C=O) groups is 1. The van der Waals surface area contributed by atoms with Crippen LogP contribution in [-0.2, 0) is 10.9 Å². The van der Waals surface area contributed by atoms with Crippen molar-refractivity contribution >= 4 is 5.91 Å². The molecule has 24 heavy (non-hydrogen) atoms. The van der Waals surface area contributed by atoms with Crippen molar-refractivity contribution in [1.82, 2.24) is 15.5 Å². The highest BCUT2D eigenvalue weighted by Gasteiger charge is 2.30. The highest BCUT2D eigenvalue weighted by molar-refractivity contribution is 5.89. The molecule has 2 aromatic rings. The Labute approximate surface area is 135 Å². The molecule has 1 N–H and O–H groups in total. The van der Waals surface area contributed by atoms with Gasteiger partial charge in [0, 0.05) is 18.7 Å². The van der Waals surface area contributed by atoms with Crippen molar-refractivity contribution < 1.29 is 27.2 Å². The molecular weight excluding hydrogens is 327 g/mol. The van der Waals surface area contributed by atoms with Gasteiger partial charge in [-0.25, -0.2) is 0 Å². The zero-order valence-corrected chi connectivity index (χ0v) is 12.5. The number of halogens is 3. The van der Waals surface area contributed by atoms with Crippen molar-refractivity contribution in [1.29, 1.82) is 0 Å². The van der Waals surface area contributed by atoms with Crippen molar-refractivity contribution in [2.75, 3.05) is 13.2 Å². The average molecular weight is 341 g/mol. The number of nitrogens with one attached hydrogen (secondary N) is 1. The Morgan fingerprint density at radius 3 is 2.67 bits per heavy atom. The summed E-state index contributed by atoms with van der Waals surface area (Å²) in [5.74, 6) is -0.745. The maximum absolute atomic E-state index is 12.5. The highest BCUT2D eigenvalue weighted by Crippen LogP contribution is 2.30. The normalized spacial score (nSPS) is 17.9. The fraction of sp³-hybridized carbons (Fsp3) is 0.400. The number of nitrogens with zero attached hydrogens (tertiary/aromatic N) is 2. The molecule has 1 amide bonds. The van der Waals surface area contributed by atoms with Gasteiger partial charge in [-0.05, 0) is 25.0 Å². The molecule has 2 heterocycles. The standard InChI is InChI=1S/C15H14F3N3O3/c16-15(17,18)10-5-3-9(4-6-10)12-20-14(24-21-12)13(22)19-8-11-2-1-7-23-11/h3-6,11H,1-2,7-8H2,(H,19,22)/t11-/m0/s1. The van der Waals surface area contributed by atoms with Crippen LogP contribution in [0.1, 0.15) is 29.1 Å². The van der Waals surface area contributed by atoms with E-state index in [1.807, 2.05) is 0 Å². The van der Waals surface area contributed by atoms with Gasteiger partial charge in [0.2, 0.25) is 5.82 Å². The topological polar surface area (TPSA) is 77.2 Å². The molecule has 128 valence electrons. The van der Waals surface area contributed by atoms with Gasteiger partial charge in [-0.2, -0.15) is 18.2 Å². The number of benzene rings is 1. The zero-order chi connectivity index (χ0) is 17.2. The Morgan fingerprint density at radius 1 is 1.29 bits per heavy atom. The van der Waals surface area contributed by atoms with E-state index in [0.29, 0.717) is 18.7 Å². The number of alkyl halides is 3. The summed E-state index contributed by atoms with van der Waals surface area (Å²) in [6.07, 6.45) is -2.60. The number of amides is 1. The number of hydrogen-bond donors (Lipinski definition) is 1. The lowest BCUT2D eigenvalue weighted by atomic mass is 10.1. The fourth-order valence-corrected chi connectivity index (χ4v) is 2.33. The van der Waals surface area contributed by atoms with E-state index in [1.165, 1.54) is 12.1 Å². The van der Waals surface area contributed by atoms with Crippen LogP contribution in [0.15, 0.2) is 28.8 Å². The first-order chi connectivity index (χ1) is 11.4. The predicted molar refractivity (Wildman–Crippen MR) is 76.0 cm³/mol. The molecule has 1 aromatic heterocycles. The Morgan fingerprint density at radius 2 is 2.04 bits per heavy atom. The van der Waals surface area contributed by atoms with Crippen LogP contribution in [-0.4, -0.2) is 35.3 Å². The predicted octanol–water partition coefficient (Wildman–Crippen LogP) is 2.66. The van der Waals surface area contributed by atoms with Crippen molar-refractivity contribution in [3.63, 3.8) is 0 Å². The van der Waals surface area contributed by atoms with Crippen LogP contribution >= 0.6 is 0 Å². The summed E-state index contributed by atoms with van der Waals surface area (Å²) < 4.78 is 47.8. The Kier molecular flexibility index (Phi) is 4.52. The van der Waals surface area contributed by atoms with Crippen LogP contribution in [0.3, 0.4) is 0 Å². The molecule has 1 aliphatic heterocycles. The van der Waals surface area contributed by atoms with Crippen LogP contribution in [0, 0.1) is 0 Å². The molecule has 0 radical (unpaired) electrons. The molecule has 9 heteroatoms. The van der Waals surface area contributed by atoms with E-state index < -0.39 is 17.6 Å². The third-order valence-electron chi connectivity index (χ3n) is 3.60. The minimum atomic E-state index is -4.41. The van der Waals surface area contributed by atoms with Gasteiger partial charge < -0.3 is 14.6 Å². The summed E-state index contributed by atoms with van der Waals surface area (Å²) >= 11 is 0. The number of rotatable bonds is 4. The largest absolute Gasteiger partial charge is 0.416 e. The van der Waals surface area contributed by atoms with Gasteiger partial charge in [-0.1, -0.05) is 17.3 Å². The molecule has 6 nitrogen and oxygen atoms in total. The van der Waals surface area contributed by atoms with Gasteiger partial charge in [-0.15, -0.1) is 0 Å². The lowest BCUT2D eigenvalue weighted by molar-refractivity contribution is -0.137. The fourth-order valence-electron chi connectivity index (χ4n) is 2.33. The molecule has 1 fully saturated rings. The van der Waals surface area contributed by atoms with E-state index in [2.05, 4.69) is 15.5 Å². The molecule has 0 unspecified atom stereocenters. The minimum Gasteiger partial charge on any atom is -0.376 e. The van der Waals surface area contributed by atoms with E-state index in [-0.39, 0.29) is 17.8 Å². The lowest BCUT2D eigenvalue weighted by Crippen LogP contribution is -2.31. The lowest BCUT2D eigenvalue weighted by Gasteiger charge is -2.08. The maximum atomic E-state index is 12.5. The second kappa shape index (κ2) is 6.60. The Bertz CT molecular complexity index is 707. The van der Waals surface area contributed by atoms with E-state index >= 15 is 0 Å². The summed E-state index contributed by atoms with van der Waals surface area (Å²) in [7, 11) is 0.